The number of carbonyl (C=O) groups is 1. The van der Waals surface area contributed by atoms with Crippen molar-refractivity contribution in [2.24, 2.45) is 0 Å². The van der Waals surface area contributed by atoms with Crippen LogP contribution in [0.25, 0.3) is 0 Å². The van der Waals surface area contributed by atoms with Crippen LogP contribution in [0.4, 0.5) is 0 Å². The fourth-order valence-corrected chi connectivity index (χ4v) is 2.40. The molecule has 22 heavy (non-hydrogen) atoms. The standard InChI is InChI=1S/C19H23NO2/c1-19(2,3)17-12-16(22-4)11-10-15(17)13-20-18(21)14-8-6-5-7-9-14/h5-12H,13H2,1-4H3,(H,20,21). The number of rotatable bonds is 4. The predicted octanol–water partition coefficient (Wildman–Crippen LogP) is 3.92. The first kappa shape index (κ1) is 16.1. The van der Waals surface area contributed by atoms with Crippen molar-refractivity contribution in [3.05, 3.63) is 65.2 Å². The van der Waals surface area contributed by atoms with Crippen LogP contribution in [-0.4, -0.2) is 13.0 Å². The van der Waals surface area contributed by atoms with Crippen molar-refractivity contribution < 1.29 is 9.53 Å². The highest BCUT2D eigenvalue weighted by Gasteiger charge is 2.19. The van der Waals surface area contributed by atoms with Crippen molar-refractivity contribution in [3.63, 3.8) is 0 Å². The predicted molar refractivity (Wildman–Crippen MR) is 89.3 cm³/mol. The Kier molecular flexibility index (Phi) is 4.86. The molecule has 0 heterocycles. The molecule has 3 nitrogen and oxygen atoms in total. The SMILES string of the molecule is COc1ccc(CNC(=O)c2ccccc2)c(C(C)(C)C)c1. The number of methoxy groups -OCH3 is 1. The molecule has 0 aromatic heterocycles. The van der Waals surface area contributed by atoms with Crippen LogP contribution in [0.1, 0.15) is 42.3 Å². The van der Waals surface area contributed by atoms with Crippen LogP contribution in [0.3, 0.4) is 0 Å². The van der Waals surface area contributed by atoms with Gasteiger partial charge in [0.2, 0.25) is 0 Å². The highest BCUT2D eigenvalue weighted by atomic mass is 16.5. The summed E-state index contributed by atoms with van der Waals surface area (Å²) in [5, 5.41) is 2.99. The van der Waals surface area contributed by atoms with Gasteiger partial charge in [-0.05, 0) is 40.8 Å². The van der Waals surface area contributed by atoms with Crippen LogP contribution >= 0.6 is 0 Å². The lowest BCUT2D eigenvalue weighted by Crippen LogP contribution is -2.25. The second-order valence-corrected chi connectivity index (χ2v) is 6.32. The van der Waals surface area contributed by atoms with E-state index >= 15 is 0 Å². The molecule has 0 aliphatic heterocycles. The Morgan fingerprint density at radius 2 is 1.77 bits per heavy atom. The molecule has 0 saturated heterocycles. The van der Waals surface area contributed by atoms with Crippen LogP contribution in [0.5, 0.6) is 5.75 Å². The topological polar surface area (TPSA) is 38.3 Å². The second kappa shape index (κ2) is 6.65. The molecular weight excluding hydrogens is 274 g/mol. The first-order valence-corrected chi connectivity index (χ1v) is 7.42. The van der Waals surface area contributed by atoms with Gasteiger partial charge in [0.15, 0.2) is 0 Å². The van der Waals surface area contributed by atoms with Crippen LogP contribution in [0.15, 0.2) is 48.5 Å². The zero-order valence-electron chi connectivity index (χ0n) is 13.6. The summed E-state index contributed by atoms with van der Waals surface area (Å²) >= 11 is 0. The van der Waals surface area contributed by atoms with Crippen LogP contribution in [0.2, 0.25) is 0 Å². The van der Waals surface area contributed by atoms with Crippen molar-refractivity contribution >= 4 is 5.91 Å². The van der Waals surface area contributed by atoms with Gasteiger partial charge in [-0.2, -0.15) is 0 Å². The third-order valence-corrected chi connectivity index (χ3v) is 3.60. The molecule has 0 saturated carbocycles. The Labute approximate surface area is 132 Å². The van der Waals surface area contributed by atoms with Crippen molar-refractivity contribution in [3.8, 4) is 5.75 Å². The monoisotopic (exact) mass is 297 g/mol. The minimum Gasteiger partial charge on any atom is -0.497 e. The van der Waals surface area contributed by atoms with Gasteiger partial charge in [-0.15, -0.1) is 0 Å². The van der Waals surface area contributed by atoms with Gasteiger partial charge in [0, 0.05) is 12.1 Å². The molecule has 1 N–H and O–H groups in total. The van der Waals surface area contributed by atoms with Gasteiger partial charge in [0.05, 0.1) is 7.11 Å². The van der Waals surface area contributed by atoms with Gasteiger partial charge >= 0.3 is 0 Å². The normalized spacial score (nSPS) is 11.1. The van der Waals surface area contributed by atoms with Crippen molar-refractivity contribution in [2.45, 2.75) is 32.7 Å². The van der Waals surface area contributed by atoms with E-state index in [1.807, 2.05) is 48.5 Å². The third-order valence-electron chi connectivity index (χ3n) is 3.60. The van der Waals surface area contributed by atoms with Crippen LogP contribution < -0.4 is 10.1 Å². The molecule has 0 fully saturated rings. The quantitative estimate of drug-likeness (QED) is 0.928. The highest BCUT2D eigenvalue weighted by Crippen LogP contribution is 2.29. The average molecular weight is 297 g/mol. The fraction of sp³-hybridized carbons (Fsp3) is 0.316. The summed E-state index contributed by atoms with van der Waals surface area (Å²) in [4.78, 5) is 12.2. The van der Waals surface area contributed by atoms with E-state index in [0.717, 1.165) is 11.3 Å². The number of carbonyl (C=O) groups excluding carboxylic acids is 1. The number of benzene rings is 2. The molecule has 2 aromatic rings. The Balaban J connectivity index is 2.18. The summed E-state index contributed by atoms with van der Waals surface area (Å²) in [5.74, 6) is 0.777. The Morgan fingerprint density at radius 3 is 2.36 bits per heavy atom. The van der Waals surface area contributed by atoms with Gasteiger partial charge in [0.1, 0.15) is 5.75 Å². The highest BCUT2D eigenvalue weighted by molar-refractivity contribution is 5.94. The summed E-state index contributed by atoms with van der Waals surface area (Å²) < 4.78 is 5.31. The molecular formula is C19H23NO2. The molecule has 2 rings (SSSR count). The Bertz CT molecular complexity index is 642. The molecule has 116 valence electrons. The molecule has 0 atom stereocenters. The summed E-state index contributed by atoms with van der Waals surface area (Å²) in [6, 6.07) is 15.2. The molecule has 0 bridgehead atoms. The van der Waals surface area contributed by atoms with E-state index in [-0.39, 0.29) is 11.3 Å². The summed E-state index contributed by atoms with van der Waals surface area (Å²) in [7, 11) is 1.67. The first-order valence-electron chi connectivity index (χ1n) is 7.42. The molecule has 0 spiro atoms. The van der Waals surface area contributed by atoms with Gasteiger partial charge in [-0.1, -0.05) is 45.0 Å². The van der Waals surface area contributed by atoms with Gasteiger partial charge in [0.25, 0.3) is 5.91 Å². The summed E-state index contributed by atoms with van der Waals surface area (Å²) in [6.07, 6.45) is 0. The van der Waals surface area contributed by atoms with Crippen LogP contribution in [-0.2, 0) is 12.0 Å². The van der Waals surface area contributed by atoms with E-state index in [1.54, 1.807) is 7.11 Å². The number of amides is 1. The molecule has 0 unspecified atom stereocenters. The van der Waals surface area contributed by atoms with E-state index in [0.29, 0.717) is 12.1 Å². The Hall–Kier alpha value is -2.29. The van der Waals surface area contributed by atoms with E-state index in [4.69, 9.17) is 4.74 Å². The molecule has 0 aliphatic rings. The molecule has 3 heteroatoms. The van der Waals surface area contributed by atoms with Crippen LogP contribution in [0, 0.1) is 0 Å². The van der Waals surface area contributed by atoms with E-state index < -0.39 is 0 Å². The maximum Gasteiger partial charge on any atom is 0.251 e. The number of hydrogen-bond donors (Lipinski definition) is 1. The molecule has 2 aromatic carbocycles. The maximum atomic E-state index is 12.2. The van der Waals surface area contributed by atoms with E-state index in [9.17, 15) is 4.79 Å². The lowest BCUT2D eigenvalue weighted by molar-refractivity contribution is 0.0950. The average Bonchev–Trinajstić information content (AvgIpc) is 2.52. The third kappa shape index (κ3) is 3.88. The summed E-state index contributed by atoms with van der Waals surface area (Å²) in [6.45, 7) is 6.98. The number of nitrogens with one attached hydrogen (secondary N) is 1. The molecule has 0 radical (unpaired) electrons. The fourth-order valence-electron chi connectivity index (χ4n) is 2.40. The lowest BCUT2D eigenvalue weighted by atomic mass is 9.83. The van der Waals surface area contributed by atoms with E-state index in [1.165, 1.54) is 5.56 Å². The number of ether oxygens (including phenoxy) is 1. The van der Waals surface area contributed by atoms with Gasteiger partial charge in [-0.25, -0.2) is 0 Å². The molecule has 0 aliphatic carbocycles. The maximum absolute atomic E-state index is 12.2. The first-order chi connectivity index (χ1) is 10.4. The summed E-state index contributed by atoms with van der Waals surface area (Å²) in [5.41, 5.74) is 2.95. The lowest BCUT2D eigenvalue weighted by Gasteiger charge is -2.24. The molecule has 1 amide bonds. The van der Waals surface area contributed by atoms with Crippen molar-refractivity contribution in [2.75, 3.05) is 7.11 Å². The Morgan fingerprint density at radius 1 is 1.09 bits per heavy atom. The zero-order chi connectivity index (χ0) is 16.2. The minimum absolute atomic E-state index is 0.0126. The second-order valence-electron chi connectivity index (χ2n) is 6.32. The minimum atomic E-state index is -0.0590. The zero-order valence-corrected chi connectivity index (χ0v) is 13.6. The van der Waals surface area contributed by atoms with Crippen molar-refractivity contribution in [1.29, 1.82) is 0 Å². The van der Waals surface area contributed by atoms with E-state index in [2.05, 4.69) is 26.1 Å². The van der Waals surface area contributed by atoms with Gasteiger partial charge < -0.3 is 10.1 Å². The number of hydrogen-bond acceptors (Lipinski definition) is 2. The smallest absolute Gasteiger partial charge is 0.251 e. The van der Waals surface area contributed by atoms with Gasteiger partial charge in [-0.3, -0.25) is 4.79 Å². The largest absolute Gasteiger partial charge is 0.497 e. The van der Waals surface area contributed by atoms with Crippen molar-refractivity contribution in [1.82, 2.24) is 5.32 Å².